The summed E-state index contributed by atoms with van der Waals surface area (Å²) < 4.78 is 6.96. The molecule has 6 aromatic rings. The topological polar surface area (TPSA) is 216 Å². The van der Waals surface area contributed by atoms with Crippen LogP contribution in [0.15, 0.2) is 60.8 Å². The first-order valence-electron chi connectivity index (χ1n) is 17.1. The number of imidazole rings is 2. The van der Waals surface area contributed by atoms with Crippen LogP contribution in [0, 0.1) is 0 Å². The first kappa shape index (κ1) is 33.9. The fraction of sp³-hybridized carbons (Fsp3) is 0.278. The van der Waals surface area contributed by atoms with Gasteiger partial charge in [0.15, 0.2) is 0 Å². The van der Waals surface area contributed by atoms with Gasteiger partial charge >= 0.3 is 0 Å². The van der Waals surface area contributed by atoms with E-state index in [1.165, 1.54) is 0 Å². The lowest BCUT2D eigenvalue weighted by atomic mass is 10.1. The van der Waals surface area contributed by atoms with E-state index in [0.717, 1.165) is 25.0 Å². The number of aromatic nitrogens is 8. The largest absolute Gasteiger partial charge is 0.366 e. The van der Waals surface area contributed by atoms with E-state index < -0.39 is 11.8 Å². The number of nitrogens with zero attached hydrogens (tertiary/aromatic N) is 8. The van der Waals surface area contributed by atoms with Gasteiger partial charge in [-0.1, -0.05) is 18.6 Å². The molecule has 4 amide bonds. The number of amides is 4. The molecule has 1 aliphatic heterocycles. The molecule has 6 N–H and O–H groups in total. The highest BCUT2D eigenvalue weighted by Crippen LogP contribution is 2.25. The minimum Gasteiger partial charge on any atom is -0.366 e. The Morgan fingerprint density at radius 1 is 0.769 bits per heavy atom. The van der Waals surface area contributed by atoms with Gasteiger partial charge in [0.25, 0.3) is 11.8 Å². The van der Waals surface area contributed by atoms with Crippen molar-refractivity contribution in [3.63, 3.8) is 0 Å². The molecule has 2 aromatic carbocycles. The van der Waals surface area contributed by atoms with Crippen molar-refractivity contribution in [1.82, 2.24) is 38.7 Å². The van der Waals surface area contributed by atoms with Gasteiger partial charge in [0, 0.05) is 44.0 Å². The van der Waals surface area contributed by atoms with E-state index in [-0.39, 0.29) is 23.7 Å². The molecule has 5 heterocycles. The smallest absolute Gasteiger partial charge is 0.276 e. The number of anilines is 2. The predicted molar refractivity (Wildman–Crippen MR) is 194 cm³/mol. The number of aryl methyl sites for hydroxylation is 4. The molecule has 0 spiro atoms. The Hall–Kier alpha value is -6.58. The van der Waals surface area contributed by atoms with Crippen LogP contribution in [0.2, 0.25) is 0 Å². The SMILES string of the molecule is CCn1nc2cc1C(=O)Nc1nc3cc(C(N)=O)ccc3n1C/C=C/Cn1c(nc3cc(C(N)=O)ccc31)NC(=O)c1cn(C)nc1CCCCC2. The molecule has 52 heavy (non-hydrogen) atoms. The average molecular weight is 703 g/mol. The van der Waals surface area contributed by atoms with Crippen LogP contribution in [-0.4, -0.2) is 62.3 Å². The Morgan fingerprint density at radius 2 is 1.35 bits per heavy atom. The highest BCUT2D eigenvalue weighted by molar-refractivity contribution is 6.05. The summed E-state index contributed by atoms with van der Waals surface area (Å²) in [5.41, 5.74) is 16.4. The third-order valence-electron chi connectivity index (χ3n) is 9.12. The van der Waals surface area contributed by atoms with Gasteiger partial charge in [-0.25, -0.2) is 9.97 Å². The third-order valence-corrected chi connectivity index (χ3v) is 9.12. The molecule has 266 valence electrons. The molecule has 1 aliphatic rings. The molecule has 0 saturated carbocycles. The van der Waals surface area contributed by atoms with Crippen molar-refractivity contribution in [1.29, 1.82) is 0 Å². The van der Waals surface area contributed by atoms with Gasteiger partial charge < -0.3 is 20.6 Å². The van der Waals surface area contributed by atoms with Crippen LogP contribution in [0.25, 0.3) is 22.1 Å². The molecule has 7 rings (SSSR count). The Kier molecular flexibility index (Phi) is 9.11. The van der Waals surface area contributed by atoms with Crippen molar-refractivity contribution >= 4 is 57.6 Å². The molecule has 16 nitrogen and oxygen atoms in total. The lowest BCUT2D eigenvalue weighted by Crippen LogP contribution is -2.19. The standard InChI is InChI=1S/C36H38N12O4/c1-3-48-30-19-23(43-48)9-5-4-6-10-25-24(20-45(2)44-25)33(51)41-35-39-26-17-21(31(37)49)11-13-28(26)46(35)15-7-8-16-47-29-14-12-22(32(38)50)18-27(29)40-36(47)42-34(30)52/h7-8,11-14,17-20H,3-6,9-10,15-16H2,1-2H3,(H2,37,49)(H2,38,50)(H,39,41,51)(H,40,42,52)/b8-7+. The number of hydrogen-bond donors (Lipinski definition) is 4. The summed E-state index contributed by atoms with van der Waals surface area (Å²) in [6.07, 6.45) is 9.26. The summed E-state index contributed by atoms with van der Waals surface area (Å²) >= 11 is 0. The summed E-state index contributed by atoms with van der Waals surface area (Å²) in [7, 11) is 1.78. The molecular weight excluding hydrogens is 664 g/mol. The minimum atomic E-state index is -0.588. The zero-order chi connectivity index (χ0) is 36.5. The second-order valence-corrected chi connectivity index (χ2v) is 12.7. The zero-order valence-electron chi connectivity index (χ0n) is 28.8. The van der Waals surface area contributed by atoms with Crippen LogP contribution in [0.1, 0.15) is 79.1 Å². The van der Waals surface area contributed by atoms with Gasteiger partial charge in [0.1, 0.15) is 5.69 Å². The molecular formula is C36H38N12O4. The van der Waals surface area contributed by atoms with E-state index >= 15 is 0 Å². The van der Waals surface area contributed by atoms with E-state index in [9.17, 15) is 19.2 Å². The lowest BCUT2D eigenvalue weighted by Gasteiger charge is -2.10. The number of hydrogen-bond acceptors (Lipinski definition) is 8. The van der Waals surface area contributed by atoms with Gasteiger partial charge in [0.2, 0.25) is 23.7 Å². The second kappa shape index (κ2) is 14.0. The maximum Gasteiger partial charge on any atom is 0.276 e. The van der Waals surface area contributed by atoms with E-state index in [4.69, 9.17) is 11.5 Å². The van der Waals surface area contributed by atoms with E-state index in [2.05, 4.69) is 30.8 Å². The molecule has 16 heteroatoms. The molecule has 0 radical (unpaired) electrons. The normalized spacial score (nSPS) is 15.1. The van der Waals surface area contributed by atoms with Crippen molar-refractivity contribution in [2.24, 2.45) is 18.5 Å². The summed E-state index contributed by atoms with van der Waals surface area (Å²) in [4.78, 5) is 60.7. The number of fused-ring (bicyclic) bond motifs is 9. The summed E-state index contributed by atoms with van der Waals surface area (Å²) in [6.45, 7) is 3.01. The molecule has 0 unspecified atom stereocenters. The summed E-state index contributed by atoms with van der Waals surface area (Å²) in [6, 6.07) is 11.7. The highest BCUT2D eigenvalue weighted by Gasteiger charge is 2.22. The third kappa shape index (κ3) is 6.65. The highest BCUT2D eigenvalue weighted by atomic mass is 16.2. The fourth-order valence-electron chi connectivity index (χ4n) is 6.52. The number of carbonyl (C=O) groups is 4. The monoisotopic (exact) mass is 702 g/mol. The second-order valence-electron chi connectivity index (χ2n) is 12.7. The van der Waals surface area contributed by atoms with Crippen LogP contribution in [0.5, 0.6) is 0 Å². The van der Waals surface area contributed by atoms with Gasteiger partial charge in [-0.15, -0.1) is 0 Å². The van der Waals surface area contributed by atoms with Gasteiger partial charge in [0.05, 0.1) is 39.0 Å². The van der Waals surface area contributed by atoms with Gasteiger partial charge in [-0.3, -0.25) is 39.2 Å². The molecule has 2 bridgehead atoms. The Bertz CT molecular complexity index is 2410. The molecule has 0 aliphatic carbocycles. The number of primary amides is 2. The summed E-state index contributed by atoms with van der Waals surface area (Å²) in [5.74, 6) is -1.31. The quantitative estimate of drug-likeness (QED) is 0.200. The molecule has 0 atom stereocenters. The van der Waals surface area contributed by atoms with E-state index in [0.29, 0.717) is 82.6 Å². The summed E-state index contributed by atoms with van der Waals surface area (Å²) in [5, 5.41) is 15.2. The van der Waals surface area contributed by atoms with Crippen LogP contribution in [0.4, 0.5) is 11.9 Å². The van der Waals surface area contributed by atoms with Gasteiger partial charge in [-0.05, 0) is 75.1 Å². The van der Waals surface area contributed by atoms with Crippen LogP contribution in [-0.2, 0) is 39.5 Å². The van der Waals surface area contributed by atoms with Crippen LogP contribution < -0.4 is 22.1 Å². The van der Waals surface area contributed by atoms with E-state index in [1.807, 2.05) is 34.3 Å². The lowest BCUT2D eigenvalue weighted by molar-refractivity contribution is 0.0992. The Balaban J connectivity index is 1.29. The van der Waals surface area contributed by atoms with Gasteiger partial charge in [-0.2, -0.15) is 10.2 Å². The Labute approximate surface area is 297 Å². The van der Waals surface area contributed by atoms with Crippen molar-refractivity contribution < 1.29 is 19.2 Å². The first-order chi connectivity index (χ1) is 25.1. The average Bonchev–Trinajstić information content (AvgIpc) is 3.88. The number of nitrogens with one attached hydrogen (secondary N) is 2. The number of benzene rings is 2. The molecule has 0 saturated heterocycles. The molecule has 0 fully saturated rings. The van der Waals surface area contributed by atoms with Crippen molar-refractivity contribution in [2.75, 3.05) is 10.6 Å². The molecule has 4 aromatic heterocycles. The Morgan fingerprint density at radius 3 is 1.92 bits per heavy atom. The fourth-order valence-corrected chi connectivity index (χ4v) is 6.52. The number of allylic oxidation sites excluding steroid dienone is 2. The van der Waals surface area contributed by atoms with Crippen LogP contribution in [0.3, 0.4) is 0 Å². The van der Waals surface area contributed by atoms with Crippen molar-refractivity contribution in [2.45, 2.75) is 58.7 Å². The minimum absolute atomic E-state index is 0.283. The zero-order valence-corrected chi connectivity index (χ0v) is 28.8. The maximum absolute atomic E-state index is 13.7. The van der Waals surface area contributed by atoms with E-state index in [1.54, 1.807) is 59.0 Å². The van der Waals surface area contributed by atoms with Crippen molar-refractivity contribution in [3.05, 3.63) is 94.6 Å². The maximum atomic E-state index is 13.7. The number of rotatable bonds is 3. The van der Waals surface area contributed by atoms with Crippen molar-refractivity contribution in [3.8, 4) is 0 Å². The number of nitrogens with two attached hydrogens (primary N) is 2. The number of carbonyl (C=O) groups excluding carboxylic acids is 4. The predicted octanol–water partition coefficient (Wildman–Crippen LogP) is 3.56. The van der Waals surface area contributed by atoms with Crippen LogP contribution >= 0.6 is 0 Å². The first-order valence-corrected chi connectivity index (χ1v) is 17.1.